The number of hydrogen-bond donors (Lipinski definition) is 3. The number of carboxylic acids is 1. The van der Waals surface area contributed by atoms with Crippen molar-refractivity contribution in [3.05, 3.63) is 35.9 Å². The van der Waals surface area contributed by atoms with E-state index >= 15 is 0 Å². The normalized spacial score (nSPS) is 12.0. The Kier molecular flexibility index (Phi) is 14.0. The number of aliphatic hydroxyl groups excluding tert-OH is 1. The summed E-state index contributed by atoms with van der Waals surface area (Å²) >= 11 is 0. The summed E-state index contributed by atoms with van der Waals surface area (Å²) in [5, 5.41) is 19.0. The SMILES string of the molecule is CCCCCN(N)C(CC(C)C)C(=O)O.OCCCc1ccccc1. The lowest BCUT2D eigenvalue weighted by molar-refractivity contribution is -0.144. The van der Waals surface area contributed by atoms with Crippen LogP contribution in [-0.4, -0.2) is 40.4 Å². The van der Waals surface area contributed by atoms with Crippen LogP contribution >= 0.6 is 0 Å². The molecule has 1 rings (SSSR count). The molecule has 0 aromatic heterocycles. The molecule has 144 valence electrons. The van der Waals surface area contributed by atoms with Crippen molar-refractivity contribution in [3.8, 4) is 0 Å². The molecular formula is C20H36N2O3. The first-order valence-electron chi connectivity index (χ1n) is 9.31. The first kappa shape index (κ1) is 23.6. The van der Waals surface area contributed by atoms with Gasteiger partial charge in [0.2, 0.25) is 0 Å². The molecule has 0 aliphatic rings. The molecule has 0 aliphatic carbocycles. The molecule has 0 saturated heterocycles. The fourth-order valence-corrected chi connectivity index (χ4v) is 2.45. The molecule has 1 unspecified atom stereocenters. The number of rotatable bonds is 11. The van der Waals surface area contributed by atoms with Crippen LogP contribution in [-0.2, 0) is 11.2 Å². The fraction of sp³-hybridized carbons (Fsp3) is 0.650. The average Bonchev–Trinajstić information content (AvgIpc) is 2.59. The van der Waals surface area contributed by atoms with Gasteiger partial charge in [-0.3, -0.25) is 10.6 Å². The molecule has 0 spiro atoms. The lowest BCUT2D eigenvalue weighted by atomic mass is 10.0. The number of carbonyl (C=O) groups is 1. The lowest BCUT2D eigenvalue weighted by Gasteiger charge is -2.25. The zero-order valence-electron chi connectivity index (χ0n) is 16.0. The number of hydrazine groups is 1. The molecule has 25 heavy (non-hydrogen) atoms. The highest BCUT2D eigenvalue weighted by Crippen LogP contribution is 2.10. The molecule has 5 heteroatoms. The fourth-order valence-electron chi connectivity index (χ4n) is 2.45. The van der Waals surface area contributed by atoms with Crippen molar-refractivity contribution in [2.24, 2.45) is 11.8 Å². The Bertz CT molecular complexity index is 438. The van der Waals surface area contributed by atoms with Crippen molar-refractivity contribution in [2.75, 3.05) is 13.2 Å². The second-order valence-corrected chi connectivity index (χ2v) is 6.74. The zero-order valence-corrected chi connectivity index (χ0v) is 16.0. The Morgan fingerprint density at radius 2 is 1.80 bits per heavy atom. The molecule has 1 aromatic carbocycles. The van der Waals surface area contributed by atoms with Crippen LogP contribution in [0.4, 0.5) is 0 Å². The molecule has 0 aliphatic heterocycles. The van der Waals surface area contributed by atoms with Gasteiger partial charge >= 0.3 is 5.97 Å². The summed E-state index contributed by atoms with van der Waals surface area (Å²) in [6, 6.07) is 9.66. The third kappa shape index (κ3) is 12.6. The largest absolute Gasteiger partial charge is 0.480 e. The van der Waals surface area contributed by atoms with Crippen molar-refractivity contribution >= 4 is 5.97 Å². The van der Waals surface area contributed by atoms with Crippen LogP contribution in [0, 0.1) is 5.92 Å². The topological polar surface area (TPSA) is 86.8 Å². The van der Waals surface area contributed by atoms with Gasteiger partial charge in [0, 0.05) is 13.2 Å². The van der Waals surface area contributed by atoms with E-state index in [-0.39, 0.29) is 6.61 Å². The molecule has 0 saturated carbocycles. The standard InChI is InChI=1S/C11H24N2O2.C9H12O/c1-4-5-6-7-13(12)10(11(14)15)8-9(2)3;10-8-4-7-9-5-2-1-3-6-9/h9-10H,4-8,12H2,1-3H3,(H,14,15);1-3,5-6,10H,4,7-8H2. The summed E-state index contributed by atoms with van der Waals surface area (Å²) in [5.41, 5.74) is 1.30. The molecule has 4 N–H and O–H groups in total. The molecule has 0 bridgehead atoms. The van der Waals surface area contributed by atoms with E-state index in [0.29, 0.717) is 18.9 Å². The molecule has 1 atom stereocenters. The van der Waals surface area contributed by atoms with Gasteiger partial charge in [-0.1, -0.05) is 63.9 Å². The Labute approximate surface area is 152 Å². The van der Waals surface area contributed by atoms with Crippen molar-refractivity contribution in [2.45, 2.75) is 65.3 Å². The summed E-state index contributed by atoms with van der Waals surface area (Å²) in [5.74, 6) is 5.29. The number of nitrogens with zero attached hydrogens (tertiary/aromatic N) is 1. The average molecular weight is 353 g/mol. The van der Waals surface area contributed by atoms with Gasteiger partial charge in [0.05, 0.1) is 0 Å². The maximum Gasteiger partial charge on any atom is 0.322 e. The third-order valence-corrected chi connectivity index (χ3v) is 3.87. The predicted octanol–water partition coefficient (Wildman–Crippen LogP) is 3.46. The molecule has 0 heterocycles. The van der Waals surface area contributed by atoms with Crippen molar-refractivity contribution in [1.29, 1.82) is 0 Å². The van der Waals surface area contributed by atoms with E-state index in [1.54, 1.807) is 0 Å². The van der Waals surface area contributed by atoms with E-state index in [1.165, 1.54) is 10.6 Å². The summed E-state index contributed by atoms with van der Waals surface area (Å²) in [6.45, 7) is 7.09. The minimum Gasteiger partial charge on any atom is -0.480 e. The maximum atomic E-state index is 11.0. The summed E-state index contributed by atoms with van der Waals surface area (Å²) < 4.78 is 0. The number of aliphatic carboxylic acids is 1. The summed E-state index contributed by atoms with van der Waals surface area (Å²) in [6.07, 6.45) is 5.64. The maximum absolute atomic E-state index is 11.0. The number of carboxylic acid groups (broad SMARTS) is 1. The molecule has 1 aromatic rings. The monoisotopic (exact) mass is 352 g/mol. The first-order valence-corrected chi connectivity index (χ1v) is 9.31. The Morgan fingerprint density at radius 3 is 2.28 bits per heavy atom. The quantitative estimate of drug-likeness (QED) is 0.322. The van der Waals surface area contributed by atoms with E-state index in [9.17, 15) is 4.79 Å². The van der Waals surface area contributed by atoms with Gasteiger partial charge in [0.25, 0.3) is 0 Å². The molecule has 0 amide bonds. The van der Waals surface area contributed by atoms with Crippen LogP contribution in [0.1, 0.15) is 58.4 Å². The Balaban J connectivity index is 0.000000496. The zero-order chi connectivity index (χ0) is 19.1. The van der Waals surface area contributed by atoms with Gasteiger partial charge in [-0.05, 0) is 37.2 Å². The van der Waals surface area contributed by atoms with Crippen LogP contribution in [0.5, 0.6) is 0 Å². The summed E-state index contributed by atoms with van der Waals surface area (Å²) in [7, 11) is 0. The van der Waals surface area contributed by atoms with Crippen LogP contribution in [0.3, 0.4) is 0 Å². The van der Waals surface area contributed by atoms with Gasteiger partial charge in [-0.15, -0.1) is 0 Å². The highest BCUT2D eigenvalue weighted by molar-refractivity contribution is 5.73. The molecular weight excluding hydrogens is 316 g/mol. The van der Waals surface area contributed by atoms with Crippen molar-refractivity contribution < 1.29 is 15.0 Å². The van der Waals surface area contributed by atoms with E-state index in [1.807, 2.05) is 32.0 Å². The highest BCUT2D eigenvalue weighted by Gasteiger charge is 2.23. The minimum atomic E-state index is -0.817. The second-order valence-electron chi connectivity index (χ2n) is 6.74. The number of unbranched alkanes of at least 4 members (excludes halogenated alkanes) is 2. The van der Waals surface area contributed by atoms with Gasteiger partial charge in [0.1, 0.15) is 6.04 Å². The van der Waals surface area contributed by atoms with Gasteiger partial charge < -0.3 is 10.2 Å². The van der Waals surface area contributed by atoms with Gasteiger partial charge in [0.15, 0.2) is 0 Å². The highest BCUT2D eigenvalue weighted by atomic mass is 16.4. The third-order valence-electron chi connectivity index (χ3n) is 3.87. The summed E-state index contributed by atoms with van der Waals surface area (Å²) in [4.78, 5) is 11.0. The Hall–Kier alpha value is -1.43. The molecule has 0 fully saturated rings. The minimum absolute atomic E-state index is 0.287. The number of aryl methyl sites for hydroxylation is 1. The van der Waals surface area contributed by atoms with Crippen LogP contribution in [0.15, 0.2) is 30.3 Å². The van der Waals surface area contributed by atoms with Crippen LogP contribution in [0.25, 0.3) is 0 Å². The molecule has 0 radical (unpaired) electrons. The smallest absolute Gasteiger partial charge is 0.322 e. The number of benzene rings is 1. The molecule has 5 nitrogen and oxygen atoms in total. The van der Waals surface area contributed by atoms with Crippen LogP contribution in [0.2, 0.25) is 0 Å². The van der Waals surface area contributed by atoms with E-state index in [0.717, 1.165) is 32.1 Å². The number of nitrogens with two attached hydrogens (primary N) is 1. The predicted molar refractivity (Wildman–Crippen MR) is 103 cm³/mol. The Morgan fingerprint density at radius 1 is 1.16 bits per heavy atom. The van der Waals surface area contributed by atoms with Crippen LogP contribution < -0.4 is 5.84 Å². The van der Waals surface area contributed by atoms with E-state index < -0.39 is 12.0 Å². The van der Waals surface area contributed by atoms with Gasteiger partial charge in [-0.25, -0.2) is 5.01 Å². The lowest BCUT2D eigenvalue weighted by Crippen LogP contribution is -2.47. The van der Waals surface area contributed by atoms with Crippen molar-refractivity contribution in [3.63, 3.8) is 0 Å². The number of hydrogen-bond acceptors (Lipinski definition) is 4. The van der Waals surface area contributed by atoms with Crippen molar-refractivity contribution in [1.82, 2.24) is 5.01 Å². The number of aliphatic hydroxyl groups is 1. The van der Waals surface area contributed by atoms with E-state index in [2.05, 4.69) is 19.1 Å². The van der Waals surface area contributed by atoms with Gasteiger partial charge in [-0.2, -0.15) is 0 Å². The van der Waals surface area contributed by atoms with E-state index in [4.69, 9.17) is 16.1 Å². The first-order chi connectivity index (χ1) is 11.9. The second kappa shape index (κ2) is 14.9.